The molecule has 0 saturated carbocycles. The van der Waals surface area contributed by atoms with Crippen LogP contribution in [0.1, 0.15) is 10.4 Å². The topological polar surface area (TPSA) is 62.2 Å². The van der Waals surface area contributed by atoms with Crippen LogP contribution in [0.25, 0.3) is 0 Å². The van der Waals surface area contributed by atoms with E-state index in [2.05, 4.69) is 4.90 Å². The molecule has 0 bridgehead atoms. The minimum atomic E-state index is -0.605. The Bertz CT molecular complexity index is 736. The summed E-state index contributed by atoms with van der Waals surface area (Å²) in [5, 5.41) is 10.3. The lowest BCUT2D eigenvalue weighted by Crippen LogP contribution is -3.00. The Morgan fingerprint density at radius 3 is 2.25 bits per heavy atom. The number of rotatable bonds is 7. The molecular formula is C21H26ClN2O4-. The van der Waals surface area contributed by atoms with Gasteiger partial charge in [0.1, 0.15) is 12.7 Å². The quantitative estimate of drug-likeness (QED) is 0.633. The molecule has 1 aliphatic rings. The van der Waals surface area contributed by atoms with Gasteiger partial charge >= 0.3 is 0 Å². The molecule has 1 fully saturated rings. The first-order valence-corrected chi connectivity index (χ1v) is 9.18. The predicted molar refractivity (Wildman–Crippen MR) is 103 cm³/mol. The number of amides is 1. The van der Waals surface area contributed by atoms with Crippen molar-refractivity contribution in [1.29, 1.82) is 0 Å². The highest BCUT2D eigenvalue weighted by atomic mass is 35.5. The van der Waals surface area contributed by atoms with Gasteiger partial charge in [-0.2, -0.15) is 0 Å². The van der Waals surface area contributed by atoms with Gasteiger partial charge in [-0.3, -0.25) is 9.69 Å². The normalized spacial score (nSPS) is 15.4. The van der Waals surface area contributed by atoms with Crippen molar-refractivity contribution in [2.24, 2.45) is 0 Å². The van der Waals surface area contributed by atoms with Crippen LogP contribution in [-0.4, -0.2) is 73.4 Å². The number of aliphatic hydroxyl groups excluding tert-OH is 1. The Balaban J connectivity index is 0.00000280. The van der Waals surface area contributed by atoms with E-state index in [9.17, 15) is 9.90 Å². The summed E-state index contributed by atoms with van der Waals surface area (Å²) in [5.74, 6) is 1.34. The summed E-state index contributed by atoms with van der Waals surface area (Å²) in [5.41, 5.74) is 0.719. The Hall–Kier alpha value is -2.28. The highest BCUT2D eigenvalue weighted by Crippen LogP contribution is 2.25. The molecule has 6 nitrogen and oxygen atoms in total. The number of methoxy groups -OCH3 is 1. The van der Waals surface area contributed by atoms with Gasteiger partial charge in [0.25, 0.3) is 5.91 Å². The van der Waals surface area contributed by atoms with E-state index in [0.29, 0.717) is 31.1 Å². The van der Waals surface area contributed by atoms with Gasteiger partial charge in [0.05, 0.1) is 7.11 Å². The monoisotopic (exact) mass is 405 g/mol. The lowest BCUT2D eigenvalue weighted by molar-refractivity contribution is -0.0000221. The molecule has 1 atom stereocenters. The molecule has 1 heterocycles. The van der Waals surface area contributed by atoms with Crippen molar-refractivity contribution in [2.75, 3.05) is 46.4 Å². The number of para-hydroxylation sites is 2. The van der Waals surface area contributed by atoms with Crippen molar-refractivity contribution in [1.82, 2.24) is 9.80 Å². The van der Waals surface area contributed by atoms with Gasteiger partial charge in [0, 0.05) is 38.3 Å². The number of nitrogens with zero attached hydrogens (tertiary/aromatic N) is 2. The number of aliphatic hydroxyl groups is 1. The molecule has 7 heteroatoms. The summed E-state index contributed by atoms with van der Waals surface area (Å²) in [6.45, 7) is 3.52. The maximum absolute atomic E-state index is 12.5. The fourth-order valence-electron chi connectivity index (χ4n) is 3.17. The third-order valence-corrected chi connectivity index (χ3v) is 4.65. The maximum Gasteiger partial charge on any atom is 0.253 e. The summed E-state index contributed by atoms with van der Waals surface area (Å²) in [7, 11) is 1.59. The second-order valence-corrected chi connectivity index (χ2v) is 6.57. The molecular weight excluding hydrogens is 380 g/mol. The fraction of sp³-hybridized carbons (Fsp3) is 0.381. The summed E-state index contributed by atoms with van der Waals surface area (Å²) in [6.07, 6.45) is -0.605. The number of piperazine rings is 1. The second kappa shape index (κ2) is 10.9. The number of hydrogen-bond acceptors (Lipinski definition) is 5. The van der Waals surface area contributed by atoms with E-state index in [1.807, 2.05) is 59.5 Å². The van der Waals surface area contributed by atoms with Crippen LogP contribution in [0.5, 0.6) is 11.5 Å². The van der Waals surface area contributed by atoms with Crippen LogP contribution < -0.4 is 21.9 Å². The first kappa shape index (κ1) is 22.0. The van der Waals surface area contributed by atoms with Crippen LogP contribution in [0, 0.1) is 0 Å². The number of carbonyl (C=O) groups excluding carboxylic acids is 1. The Morgan fingerprint density at radius 1 is 1.00 bits per heavy atom. The van der Waals surface area contributed by atoms with Gasteiger partial charge in [0.15, 0.2) is 11.5 Å². The second-order valence-electron chi connectivity index (χ2n) is 6.57. The summed E-state index contributed by atoms with van der Waals surface area (Å²) >= 11 is 0. The molecule has 1 amide bonds. The molecule has 0 radical (unpaired) electrons. The van der Waals surface area contributed by atoms with E-state index in [-0.39, 0.29) is 24.9 Å². The number of halogens is 1. The lowest BCUT2D eigenvalue weighted by atomic mass is 10.2. The number of β-amino-alcohol motifs (C(OH)–C–C–N with tert-alkyl or cyclic N) is 1. The minimum Gasteiger partial charge on any atom is -1.00 e. The average molecular weight is 406 g/mol. The molecule has 1 aliphatic heterocycles. The van der Waals surface area contributed by atoms with Crippen LogP contribution in [0.4, 0.5) is 0 Å². The summed E-state index contributed by atoms with van der Waals surface area (Å²) < 4.78 is 10.9. The van der Waals surface area contributed by atoms with Crippen LogP contribution in [0.3, 0.4) is 0 Å². The van der Waals surface area contributed by atoms with Crippen molar-refractivity contribution in [2.45, 2.75) is 6.10 Å². The van der Waals surface area contributed by atoms with Gasteiger partial charge in [-0.05, 0) is 24.3 Å². The molecule has 1 saturated heterocycles. The number of hydrogen-bond donors (Lipinski definition) is 1. The van der Waals surface area contributed by atoms with E-state index < -0.39 is 6.10 Å². The van der Waals surface area contributed by atoms with Crippen molar-refractivity contribution in [3.63, 3.8) is 0 Å². The molecule has 152 valence electrons. The molecule has 28 heavy (non-hydrogen) atoms. The van der Waals surface area contributed by atoms with E-state index in [4.69, 9.17) is 9.47 Å². The van der Waals surface area contributed by atoms with E-state index in [1.165, 1.54) is 0 Å². The summed E-state index contributed by atoms with van der Waals surface area (Å²) in [6, 6.07) is 16.7. The first-order valence-electron chi connectivity index (χ1n) is 9.18. The molecule has 1 N–H and O–H groups in total. The van der Waals surface area contributed by atoms with Crippen LogP contribution in [0.2, 0.25) is 0 Å². The zero-order valence-electron chi connectivity index (χ0n) is 16.0. The lowest BCUT2D eigenvalue weighted by Gasteiger charge is -2.35. The van der Waals surface area contributed by atoms with Crippen molar-refractivity contribution >= 4 is 5.91 Å². The van der Waals surface area contributed by atoms with E-state index >= 15 is 0 Å². The molecule has 3 rings (SSSR count). The third-order valence-electron chi connectivity index (χ3n) is 4.65. The first-order chi connectivity index (χ1) is 13.2. The average Bonchev–Trinajstić information content (AvgIpc) is 2.73. The Kier molecular flexibility index (Phi) is 8.57. The molecule has 2 aromatic rings. The fourth-order valence-corrected chi connectivity index (χ4v) is 3.17. The van der Waals surface area contributed by atoms with Crippen molar-refractivity contribution in [3.05, 3.63) is 60.2 Å². The van der Waals surface area contributed by atoms with Crippen LogP contribution in [0.15, 0.2) is 54.6 Å². The molecule has 1 unspecified atom stereocenters. The number of ether oxygens (including phenoxy) is 2. The molecule has 0 aliphatic carbocycles. The number of carbonyl (C=O) groups is 1. The van der Waals surface area contributed by atoms with Gasteiger partial charge in [-0.25, -0.2) is 0 Å². The third kappa shape index (κ3) is 5.86. The van der Waals surface area contributed by atoms with Gasteiger partial charge in [-0.15, -0.1) is 0 Å². The molecule has 0 spiro atoms. The maximum atomic E-state index is 12.5. The van der Waals surface area contributed by atoms with Crippen LogP contribution >= 0.6 is 0 Å². The Morgan fingerprint density at radius 2 is 1.61 bits per heavy atom. The van der Waals surface area contributed by atoms with Gasteiger partial charge in [-0.1, -0.05) is 30.3 Å². The zero-order valence-corrected chi connectivity index (χ0v) is 16.7. The van der Waals surface area contributed by atoms with Gasteiger partial charge < -0.3 is 31.9 Å². The number of benzene rings is 2. The highest BCUT2D eigenvalue weighted by molar-refractivity contribution is 5.94. The van der Waals surface area contributed by atoms with Crippen LogP contribution in [-0.2, 0) is 0 Å². The molecule has 0 aromatic heterocycles. The van der Waals surface area contributed by atoms with E-state index in [0.717, 1.165) is 18.7 Å². The highest BCUT2D eigenvalue weighted by Gasteiger charge is 2.23. The van der Waals surface area contributed by atoms with Gasteiger partial charge in [0.2, 0.25) is 0 Å². The standard InChI is InChI=1S/C21H26N2O4.ClH/c1-26-19-9-5-6-10-20(19)27-16-18(24)15-22-11-13-23(14-12-22)21(25)17-7-3-2-4-8-17;/h2-10,18,24H,11-16H2,1H3;1H/p-1. The summed E-state index contributed by atoms with van der Waals surface area (Å²) in [4.78, 5) is 16.5. The SMILES string of the molecule is COc1ccccc1OCC(O)CN1CCN(C(=O)c2ccccc2)CC1.[Cl-]. The predicted octanol–water partition coefficient (Wildman–Crippen LogP) is -1.10. The zero-order chi connectivity index (χ0) is 19.1. The minimum absolute atomic E-state index is 0. The van der Waals surface area contributed by atoms with Crippen molar-refractivity contribution < 1.29 is 31.8 Å². The Labute approximate surface area is 172 Å². The van der Waals surface area contributed by atoms with Crippen molar-refractivity contribution in [3.8, 4) is 11.5 Å². The largest absolute Gasteiger partial charge is 1.00 e. The van der Waals surface area contributed by atoms with E-state index in [1.54, 1.807) is 7.11 Å². The molecule has 2 aromatic carbocycles. The smallest absolute Gasteiger partial charge is 0.253 e.